The number of anilines is 1. The Morgan fingerprint density at radius 3 is 2.76 bits per heavy atom. The van der Waals surface area contributed by atoms with Crippen LogP contribution in [-0.2, 0) is 0 Å². The summed E-state index contributed by atoms with van der Waals surface area (Å²) in [6.45, 7) is 8.92. The summed E-state index contributed by atoms with van der Waals surface area (Å²) in [5.41, 5.74) is -0.219. The molecule has 5 nitrogen and oxygen atoms in total. The predicted molar refractivity (Wildman–Crippen MR) is 83.5 cm³/mol. The van der Waals surface area contributed by atoms with Crippen LogP contribution in [0.3, 0.4) is 0 Å². The smallest absolute Gasteiger partial charge is 0.147 e. The van der Waals surface area contributed by atoms with E-state index in [1.807, 2.05) is 19.9 Å². The molecule has 1 unspecified atom stereocenters. The maximum atomic E-state index is 9.92. The molecule has 2 heterocycles. The molecule has 1 aliphatic rings. The molecular formula is C15H21ClN4O. The van der Waals surface area contributed by atoms with Crippen molar-refractivity contribution < 1.29 is 5.11 Å². The zero-order valence-corrected chi connectivity index (χ0v) is 13.4. The van der Waals surface area contributed by atoms with Crippen LogP contribution in [0.5, 0.6) is 0 Å². The molecule has 0 aliphatic carbocycles. The molecule has 1 fully saturated rings. The molecule has 6 heteroatoms. The van der Waals surface area contributed by atoms with E-state index in [-0.39, 0.29) is 6.04 Å². The second kappa shape index (κ2) is 6.18. The van der Waals surface area contributed by atoms with Crippen LogP contribution < -0.4 is 4.90 Å². The minimum Gasteiger partial charge on any atom is -0.389 e. The van der Waals surface area contributed by atoms with E-state index in [4.69, 9.17) is 16.9 Å². The first-order valence-electron chi connectivity index (χ1n) is 7.07. The first kappa shape index (κ1) is 16.0. The van der Waals surface area contributed by atoms with Crippen LogP contribution in [0.15, 0.2) is 12.3 Å². The fourth-order valence-corrected chi connectivity index (χ4v) is 3.02. The van der Waals surface area contributed by atoms with Crippen LogP contribution in [0.25, 0.3) is 0 Å². The molecule has 1 aromatic heterocycles. The fourth-order valence-electron chi connectivity index (χ4n) is 2.74. The van der Waals surface area contributed by atoms with Crippen molar-refractivity contribution in [3.63, 3.8) is 0 Å². The van der Waals surface area contributed by atoms with Gasteiger partial charge in [-0.1, -0.05) is 11.6 Å². The number of nitrogens with zero attached hydrogens (tertiary/aromatic N) is 4. The lowest BCUT2D eigenvalue weighted by molar-refractivity contribution is 0.0307. The van der Waals surface area contributed by atoms with Gasteiger partial charge >= 0.3 is 0 Å². The summed E-state index contributed by atoms with van der Waals surface area (Å²) < 4.78 is 0. The molecule has 1 aromatic rings. The molecule has 1 atom stereocenters. The number of hydrogen-bond donors (Lipinski definition) is 1. The van der Waals surface area contributed by atoms with Gasteiger partial charge in [0, 0.05) is 38.4 Å². The maximum absolute atomic E-state index is 9.92. The first-order chi connectivity index (χ1) is 9.80. The van der Waals surface area contributed by atoms with Crippen molar-refractivity contribution in [1.82, 2.24) is 9.88 Å². The molecule has 0 aromatic carbocycles. The Morgan fingerprint density at radius 1 is 1.52 bits per heavy atom. The quantitative estimate of drug-likeness (QED) is 0.924. The zero-order valence-electron chi connectivity index (χ0n) is 12.7. The first-order valence-corrected chi connectivity index (χ1v) is 7.45. The third kappa shape index (κ3) is 4.07. The highest BCUT2D eigenvalue weighted by molar-refractivity contribution is 6.33. The minimum atomic E-state index is -0.688. The third-order valence-electron chi connectivity index (χ3n) is 3.55. The Bertz CT molecular complexity index is 550. The largest absolute Gasteiger partial charge is 0.389 e. The Morgan fingerprint density at radius 2 is 2.24 bits per heavy atom. The van der Waals surface area contributed by atoms with Crippen molar-refractivity contribution in [2.24, 2.45) is 0 Å². The van der Waals surface area contributed by atoms with E-state index in [2.05, 4.69) is 21.7 Å². The van der Waals surface area contributed by atoms with Gasteiger partial charge in [0.1, 0.15) is 11.9 Å². The van der Waals surface area contributed by atoms with Crippen molar-refractivity contribution in [2.75, 3.05) is 31.1 Å². The van der Waals surface area contributed by atoms with E-state index < -0.39 is 5.60 Å². The van der Waals surface area contributed by atoms with Crippen LogP contribution in [0, 0.1) is 11.3 Å². The summed E-state index contributed by atoms with van der Waals surface area (Å²) in [4.78, 5) is 8.73. The Labute approximate surface area is 130 Å². The molecule has 1 aliphatic heterocycles. The average Bonchev–Trinajstić information content (AvgIpc) is 2.37. The van der Waals surface area contributed by atoms with Gasteiger partial charge in [-0.2, -0.15) is 5.26 Å². The van der Waals surface area contributed by atoms with Crippen molar-refractivity contribution in [2.45, 2.75) is 32.4 Å². The van der Waals surface area contributed by atoms with Gasteiger partial charge in [0.25, 0.3) is 0 Å². The highest BCUT2D eigenvalue weighted by Gasteiger charge is 2.28. The minimum absolute atomic E-state index is 0.249. The Balaban J connectivity index is 2.09. The van der Waals surface area contributed by atoms with E-state index in [1.54, 1.807) is 12.3 Å². The number of pyridine rings is 1. The van der Waals surface area contributed by atoms with Crippen LogP contribution in [0.2, 0.25) is 5.02 Å². The highest BCUT2D eigenvalue weighted by Crippen LogP contribution is 2.27. The van der Waals surface area contributed by atoms with Crippen LogP contribution >= 0.6 is 11.6 Å². The molecule has 0 saturated carbocycles. The standard InChI is InChI=1S/C15H21ClN4O/c1-11-9-19(10-15(2,3)21)4-5-20(11)14-13(16)6-12(7-17)8-18-14/h6,8,11,21H,4-5,9-10H2,1-3H3. The van der Waals surface area contributed by atoms with E-state index >= 15 is 0 Å². The van der Waals surface area contributed by atoms with Gasteiger partial charge in [0.2, 0.25) is 0 Å². The molecule has 1 N–H and O–H groups in total. The highest BCUT2D eigenvalue weighted by atomic mass is 35.5. The van der Waals surface area contributed by atoms with Crippen LogP contribution in [0.4, 0.5) is 5.82 Å². The van der Waals surface area contributed by atoms with E-state index in [0.29, 0.717) is 17.1 Å². The molecule has 0 radical (unpaired) electrons. The Kier molecular flexibility index (Phi) is 4.72. The van der Waals surface area contributed by atoms with E-state index in [9.17, 15) is 5.11 Å². The number of aliphatic hydroxyl groups is 1. The van der Waals surface area contributed by atoms with Gasteiger partial charge in [-0.05, 0) is 26.8 Å². The number of halogens is 1. The summed E-state index contributed by atoms with van der Waals surface area (Å²) in [7, 11) is 0. The second-order valence-electron chi connectivity index (χ2n) is 6.23. The summed E-state index contributed by atoms with van der Waals surface area (Å²) in [6.07, 6.45) is 1.55. The molecule has 1 saturated heterocycles. The van der Waals surface area contributed by atoms with Gasteiger partial charge in [0.15, 0.2) is 0 Å². The Hall–Kier alpha value is -1.35. The predicted octanol–water partition coefficient (Wildman–Crippen LogP) is 1.89. The fraction of sp³-hybridized carbons (Fsp3) is 0.600. The molecule has 114 valence electrons. The second-order valence-corrected chi connectivity index (χ2v) is 6.64. The summed E-state index contributed by atoms with van der Waals surface area (Å²) >= 11 is 6.24. The summed E-state index contributed by atoms with van der Waals surface area (Å²) in [6, 6.07) is 3.94. The van der Waals surface area contributed by atoms with Crippen molar-refractivity contribution in [1.29, 1.82) is 5.26 Å². The SMILES string of the molecule is CC1CN(CC(C)(C)O)CCN1c1ncc(C#N)cc1Cl. The van der Waals surface area contributed by atoms with Crippen molar-refractivity contribution in [3.8, 4) is 6.07 Å². The lowest BCUT2D eigenvalue weighted by Crippen LogP contribution is -2.55. The van der Waals surface area contributed by atoms with E-state index in [1.165, 1.54) is 0 Å². The number of aromatic nitrogens is 1. The van der Waals surface area contributed by atoms with Gasteiger partial charge in [0.05, 0.1) is 16.2 Å². The van der Waals surface area contributed by atoms with Gasteiger partial charge in [-0.15, -0.1) is 0 Å². The number of β-amino-alcohol motifs (C(OH)–C–C–N with tert-alkyl or cyclic N) is 1. The molecule has 0 amide bonds. The molecule has 2 rings (SSSR count). The van der Waals surface area contributed by atoms with Crippen molar-refractivity contribution >= 4 is 17.4 Å². The maximum Gasteiger partial charge on any atom is 0.147 e. The zero-order chi connectivity index (χ0) is 15.6. The number of rotatable bonds is 3. The third-order valence-corrected chi connectivity index (χ3v) is 3.82. The number of hydrogen-bond acceptors (Lipinski definition) is 5. The van der Waals surface area contributed by atoms with Crippen molar-refractivity contribution in [3.05, 3.63) is 22.8 Å². The topological polar surface area (TPSA) is 63.4 Å². The van der Waals surface area contributed by atoms with E-state index in [0.717, 1.165) is 25.5 Å². The summed E-state index contributed by atoms with van der Waals surface area (Å²) in [5, 5.41) is 19.3. The molecule has 21 heavy (non-hydrogen) atoms. The van der Waals surface area contributed by atoms with Gasteiger partial charge in [-0.3, -0.25) is 4.90 Å². The number of nitriles is 1. The van der Waals surface area contributed by atoms with Gasteiger partial charge < -0.3 is 10.0 Å². The lowest BCUT2D eigenvalue weighted by atomic mass is 10.1. The molecular weight excluding hydrogens is 288 g/mol. The monoisotopic (exact) mass is 308 g/mol. The molecule has 0 spiro atoms. The van der Waals surface area contributed by atoms with Gasteiger partial charge in [-0.25, -0.2) is 4.98 Å². The lowest BCUT2D eigenvalue weighted by Gasteiger charge is -2.42. The normalized spacial score (nSPS) is 20.4. The van der Waals surface area contributed by atoms with Crippen LogP contribution in [-0.4, -0.2) is 52.8 Å². The summed E-state index contributed by atoms with van der Waals surface area (Å²) in [5.74, 6) is 0.728. The molecule has 0 bridgehead atoms. The number of piperazine rings is 1. The average molecular weight is 309 g/mol. The van der Waals surface area contributed by atoms with Crippen LogP contribution in [0.1, 0.15) is 26.3 Å².